The maximum absolute atomic E-state index is 4.13. The Morgan fingerprint density at radius 3 is 2.77 bits per heavy atom. The van der Waals surface area contributed by atoms with Gasteiger partial charge in [-0.15, -0.1) is 0 Å². The smallest absolute Gasteiger partial charge is 0.124 e. The van der Waals surface area contributed by atoms with Crippen LogP contribution in [0.3, 0.4) is 0 Å². The molecule has 1 aliphatic carbocycles. The van der Waals surface area contributed by atoms with E-state index in [0.29, 0.717) is 11.5 Å². The molecule has 0 aromatic carbocycles. The average molecular weight is 179 g/mol. The Morgan fingerprint density at radius 2 is 2.31 bits per heavy atom. The zero-order valence-electron chi connectivity index (χ0n) is 8.54. The van der Waals surface area contributed by atoms with Gasteiger partial charge in [0.1, 0.15) is 5.82 Å². The highest BCUT2D eigenvalue weighted by atomic mass is 15.3. The molecule has 0 aliphatic heterocycles. The summed E-state index contributed by atoms with van der Waals surface area (Å²) in [5.74, 6) is 1.11. The maximum Gasteiger partial charge on any atom is 0.124 e. The predicted molar refractivity (Wildman–Crippen MR) is 53.6 cm³/mol. The normalized spacial score (nSPS) is 21.2. The van der Waals surface area contributed by atoms with Crippen LogP contribution in [0.2, 0.25) is 0 Å². The lowest BCUT2D eigenvalue weighted by Crippen LogP contribution is -2.26. The first kappa shape index (κ1) is 8.60. The van der Waals surface area contributed by atoms with Crippen molar-refractivity contribution in [3.63, 3.8) is 0 Å². The van der Waals surface area contributed by atoms with Gasteiger partial charge in [-0.05, 0) is 25.2 Å². The molecule has 2 rings (SSSR count). The minimum absolute atomic E-state index is 0.518. The third-order valence-corrected chi connectivity index (χ3v) is 3.27. The predicted octanol–water partition coefficient (Wildman–Crippen LogP) is 2.02. The minimum atomic E-state index is 0.518. The van der Waals surface area contributed by atoms with Crippen LogP contribution in [0.15, 0.2) is 12.3 Å². The maximum atomic E-state index is 4.13. The van der Waals surface area contributed by atoms with Crippen molar-refractivity contribution < 1.29 is 0 Å². The van der Waals surface area contributed by atoms with Gasteiger partial charge >= 0.3 is 0 Å². The molecule has 0 bridgehead atoms. The van der Waals surface area contributed by atoms with Gasteiger partial charge in [0, 0.05) is 19.2 Å². The molecule has 72 valence electrons. The second-order valence-electron chi connectivity index (χ2n) is 4.36. The molecule has 0 saturated heterocycles. The number of rotatable bonds is 3. The van der Waals surface area contributed by atoms with E-state index in [1.54, 1.807) is 0 Å². The van der Waals surface area contributed by atoms with Crippen molar-refractivity contribution in [1.29, 1.82) is 0 Å². The van der Waals surface area contributed by atoms with Gasteiger partial charge in [-0.2, -0.15) is 5.10 Å². The molecule has 13 heavy (non-hydrogen) atoms. The SMILES string of the molecule is CC(Nc1ccnn1C)C1(C)CC1. The summed E-state index contributed by atoms with van der Waals surface area (Å²) >= 11 is 0. The van der Waals surface area contributed by atoms with Crippen molar-refractivity contribution in [2.75, 3.05) is 5.32 Å². The fraction of sp³-hybridized carbons (Fsp3) is 0.700. The van der Waals surface area contributed by atoms with Crippen LogP contribution in [0.25, 0.3) is 0 Å². The van der Waals surface area contributed by atoms with E-state index in [9.17, 15) is 0 Å². The average Bonchev–Trinajstić information content (AvgIpc) is 2.72. The Hall–Kier alpha value is -0.990. The first-order valence-corrected chi connectivity index (χ1v) is 4.86. The molecule has 1 atom stereocenters. The fourth-order valence-corrected chi connectivity index (χ4v) is 1.54. The van der Waals surface area contributed by atoms with Crippen molar-refractivity contribution in [3.8, 4) is 0 Å². The van der Waals surface area contributed by atoms with Crippen LogP contribution in [0.4, 0.5) is 5.82 Å². The quantitative estimate of drug-likeness (QED) is 0.769. The van der Waals surface area contributed by atoms with Crippen LogP contribution < -0.4 is 5.32 Å². The van der Waals surface area contributed by atoms with E-state index in [2.05, 4.69) is 24.3 Å². The lowest BCUT2D eigenvalue weighted by molar-refractivity contribution is 0.489. The molecule has 0 radical (unpaired) electrons. The number of aromatic nitrogens is 2. The summed E-state index contributed by atoms with van der Waals surface area (Å²) in [5.41, 5.74) is 0.518. The summed E-state index contributed by atoms with van der Waals surface area (Å²) in [6.07, 6.45) is 4.52. The monoisotopic (exact) mass is 179 g/mol. The second-order valence-corrected chi connectivity index (χ2v) is 4.36. The van der Waals surface area contributed by atoms with Gasteiger partial charge in [0.05, 0.1) is 6.20 Å². The van der Waals surface area contributed by atoms with Gasteiger partial charge in [0.15, 0.2) is 0 Å². The molecule has 1 aromatic rings. The molecule has 1 aliphatic rings. The van der Waals surface area contributed by atoms with Crippen molar-refractivity contribution in [3.05, 3.63) is 12.3 Å². The van der Waals surface area contributed by atoms with Crippen molar-refractivity contribution in [1.82, 2.24) is 9.78 Å². The number of nitrogens with zero attached hydrogens (tertiary/aromatic N) is 2. The molecule has 1 heterocycles. The summed E-state index contributed by atoms with van der Waals surface area (Å²) in [6, 6.07) is 2.56. The number of hydrogen-bond donors (Lipinski definition) is 1. The standard InChI is InChI=1S/C10H17N3/c1-8(10(2)5-6-10)12-9-4-7-11-13(9)3/h4,7-8,12H,5-6H2,1-3H3. The van der Waals surface area contributed by atoms with E-state index in [0.717, 1.165) is 5.82 Å². The molecule has 1 unspecified atom stereocenters. The van der Waals surface area contributed by atoms with Crippen LogP contribution in [0.5, 0.6) is 0 Å². The molecule has 3 heteroatoms. The molecule has 0 spiro atoms. The van der Waals surface area contributed by atoms with Crippen molar-refractivity contribution in [2.24, 2.45) is 12.5 Å². The number of aryl methyl sites for hydroxylation is 1. The van der Waals surface area contributed by atoms with Gasteiger partial charge < -0.3 is 5.32 Å². The van der Waals surface area contributed by atoms with Gasteiger partial charge in [0.25, 0.3) is 0 Å². The molecule has 1 aromatic heterocycles. The van der Waals surface area contributed by atoms with E-state index in [1.165, 1.54) is 12.8 Å². The molecule has 1 N–H and O–H groups in total. The van der Waals surface area contributed by atoms with Crippen LogP contribution in [0, 0.1) is 5.41 Å². The zero-order chi connectivity index (χ0) is 9.47. The van der Waals surface area contributed by atoms with Crippen molar-refractivity contribution in [2.45, 2.75) is 32.7 Å². The molecule has 1 saturated carbocycles. The first-order chi connectivity index (χ1) is 6.12. The van der Waals surface area contributed by atoms with E-state index in [-0.39, 0.29) is 0 Å². The van der Waals surface area contributed by atoms with E-state index in [4.69, 9.17) is 0 Å². The molecular weight excluding hydrogens is 162 g/mol. The Kier molecular flexibility index (Phi) is 1.82. The first-order valence-electron chi connectivity index (χ1n) is 4.86. The lowest BCUT2D eigenvalue weighted by atomic mass is 10.0. The Morgan fingerprint density at radius 1 is 1.62 bits per heavy atom. The summed E-state index contributed by atoms with van der Waals surface area (Å²) in [6.45, 7) is 4.58. The number of anilines is 1. The Balaban J connectivity index is 2.02. The summed E-state index contributed by atoms with van der Waals surface area (Å²) in [7, 11) is 1.96. The van der Waals surface area contributed by atoms with Crippen LogP contribution in [0.1, 0.15) is 26.7 Å². The van der Waals surface area contributed by atoms with E-state index >= 15 is 0 Å². The molecule has 0 amide bonds. The van der Waals surface area contributed by atoms with E-state index < -0.39 is 0 Å². The summed E-state index contributed by atoms with van der Waals surface area (Å²) in [5, 5.41) is 7.62. The highest BCUT2D eigenvalue weighted by Crippen LogP contribution is 2.48. The van der Waals surface area contributed by atoms with Gasteiger partial charge in [-0.3, -0.25) is 4.68 Å². The lowest BCUT2D eigenvalue weighted by Gasteiger charge is -2.21. The summed E-state index contributed by atoms with van der Waals surface area (Å²) < 4.78 is 1.88. The van der Waals surface area contributed by atoms with Gasteiger partial charge in [0.2, 0.25) is 0 Å². The summed E-state index contributed by atoms with van der Waals surface area (Å²) in [4.78, 5) is 0. The van der Waals surface area contributed by atoms with Gasteiger partial charge in [-0.25, -0.2) is 0 Å². The van der Waals surface area contributed by atoms with Crippen LogP contribution >= 0.6 is 0 Å². The number of nitrogens with one attached hydrogen (secondary N) is 1. The highest BCUT2D eigenvalue weighted by molar-refractivity contribution is 5.35. The van der Waals surface area contributed by atoms with Crippen molar-refractivity contribution >= 4 is 5.82 Å². The van der Waals surface area contributed by atoms with Gasteiger partial charge in [-0.1, -0.05) is 6.92 Å². The fourth-order valence-electron chi connectivity index (χ4n) is 1.54. The molecular formula is C10H17N3. The zero-order valence-corrected chi connectivity index (χ0v) is 8.54. The molecule has 3 nitrogen and oxygen atoms in total. The van der Waals surface area contributed by atoms with Crippen LogP contribution in [-0.2, 0) is 7.05 Å². The molecule has 1 fully saturated rings. The topological polar surface area (TPSA) is 29.9 Å². The third-order valence-electron chi connectivity index (χ3n) is 3.27. The van der Waals surface area contributed by atoms with Crippen LogP contribution in [-0.4, -0.2) is 15.8 Å². The highest BCUT2D eigenvalue weighted by Gasteiger charge is 2.42. The Bertz CT molecular complexity index is 299. The number of hydrogen-bond acceptors (Lipinski definition) is 2. The third kappa shape index (κ3) is 1.55. The largest absolute Gasteiger partial charge is 0.367 e. The second kappa shape index (κ2) is 2.76. The minimum Gasteiger partial charge on any atom is -0.367 e. The van der Waals surface area contributed by atoms with E-state index in [1.807, 2.05) is 24.0 Å². The Labute approximate surface area is 79.1 Å².